The van der Waals surface area contributed by atoms with Gasteiger partial charge in [0, 0.05) is 22.8 Å². The van der Waals surface area contributed by atoms with Gasteiger partial charge in [-0.3, -0.25) is 0 Å². The SMILES string of the molecule is Cc1cc(C)c(CC(N)c2cccc(NC(=O)Nc3ccc4occc4c3)c2)c(C)c1. The number of furan rings is 1. The monoisotopic (exact) mass is 413 g/mol. The summed E-state index contributed by atoms with van der Waals surface area (Å²) in [5, 5.41) is 6.69. The van der Waals surface area contributed by atoms with Gasteiger partial charge in [0.2, 0.25) is 0 Å². The first-order chi connectivity index (χ1) is 14.9. The lowest BCUT2D eigenvalue weighted by molar-refractivity contribution is 0.262. The predicted molar refractivity (Wildman–Crippen MR) is 127 cm³/mol. The lowest BCUT2D eigenvalue weighted by atomic mass is 9.92. The Morgan fingerprint density at radius 2 is 1.65 bits per heavy atom. The van der Waals surface area contributed by atoms with Crippen LogP contribution in [0.5, 0.6) is 0 Å². The number of rotatable bonds is 5. The first-order valence-electron chi connectivity index (χ1n) is 10.4. The minimum Gasteiger partial charge on any atom is -0.464 e. The van der Waals surface area contributed by atoms with Gasteiger partial charge in [-0.25, -0.2) is 4.79 Å². The van der Waals surface area contributed by atoms with Crippen molar-refractivity contribution in [3.05, 3.63) is 94.7 Å². The number of amides is 2. The quantitative estimate of drug-likeness (QED) is 0.362. The molecule has 2 amide bonds. The maximum absolute atomic E-state index is 12.5. The van der Waals surface area contributed by atoms with Crippen LogP contribution in [0, 0.1) is 20.8 Å². The third-order valence-corrected chi connectivity index (χ3v) is 5.55. The average molecular weight is 414 g/mol. The summed E-state index contributed by atoms with van der Waals surface area (Å²) >= 11 is 0. The Hall–Kier alpha value is -3.57. The Bertz CT molecular complexity index is 1220. The zero-order chi connectivity index (χ0) is 22.0. The van der Waals surface area contributed by atoms with Crippen LogP contribution in [-0.2, 0) is 6.42 Å². The van der Waals surface area contributed by atoms with Gasteiger partial charge in [-0.1, -0.05) is 29.8 Å². The van der Waals surface area contributed by atoms with Crippen LogP contribution in [0.3, 0.4) is 0 Å². The van der Waals surface area contributed by atoms with Gasteiger partial charge in [-0.2, -0.15) is 0 Å². The molecule has 0 bridgehead atoms. The third-order valence-electron chi connectivity index (χ3n) is 5.55. The van der Waals surface area contributed by atoms with Gasteiger partial charge >= 0.3 is 6.03 Å². The summed E-state index contributed by atoms with van der Waals surface area (Å²) in [6.07, 6.45) is 2.38. The van der Waals surface area contributed by atoms with Gasteiger partial charge in [-0.15, -0.1) is 0 Å². The van der Waals surface area contributed by atoms with Gasteiger partial charge in [-0.05, 0) is 85.8 Å². The number of aryl methyl sites for hydroxylation is 3. The summed E-state index contributed by atoms with van der Waals surface area (Å²) in [7, 11) is 0. The van der Waals surface area contributed by atoms with E-state index < -0.39 is 0 Å². The van der Waals surface area contributed by atoms with E-state index in [9.17, 15) is 4.79 Å². The molecule has 4 N–H and O–H groups in total. The molecular weight excluding hydrogens is 386 g/mol. The smallest absolute Gasteiger partial charge is 0.323 e. The van der Waals surface area contributed by atoms with Gasteiger partial charge < -0.3 is 20.8 Å². The number of urea groups is 1. The standard InChI is InChI=1S/C26H27N3O2/c1-16-11-17(2)23(18(3)12-16)15-24(27)19-5-4-6-21(13-19)28-26(30)29-22-7-8-25-20(14-22)9-10-31-25/h4-14,24H,15,27H2,1-3H3,(H2,28,29,30). The molecule has 0 saturated heterocycles. The Labute approximate surface area is 182 Å². The molecule has 0 spiro atoms. The number of anilines is 2. The lowest BCUT2D eigenvalue weighted by Crippen LogP contribution is -2.20. The van der Waals surface area contributed by atoms with Gasteiger partial charge in [0.15, 0.2) is 0 Å². The normalized spacial score (nSPS) is 12.0. The van der Waals surface area contributed by atoms with E-state index in [1.54, 1.807) is 6.26 Å². The molecule has 1 aromatic heterocycles. The van der Waals surface area contributed by atoms with Crippen molar-refractivity contribution in [2.45, 2.75) is 33.2 Å². The van der Waals surface area contributed by atoms with E-state index in [0.29, 0.717) is 11.4 Å². The summed E-state index contributed by atoms with van der Waals surface area (Å²) in [6.45, 7) is 6.37. The van der Waals surface area contributed by atoms with Crippen molar-refractivity contribution in [2.24, 2.45) is 5.73 Å². The second-order valence-electron chi connectivity index (χ2n) is 8.07. The molecule has 4 aromatic rings. The number of nitrogens with one attached hydrogen (secondary N) is 2. The third kappa shape index (κ3) is 4.78. The van der Waals surface area contributed by atoms with Crippen molar-refractivity contribution in [2.75, 3.05) is 10.6 Å². The fourth-order valence-corrected chi connectivity index (χ4v) is 4.05. The van der Waals surface area contributed by atoms with Crippen molar-refractivity contribution in [1.29, 1.82) is 0 Å². The molecule has 4 rings (SSSR count). The second kappa shape index (κ2) is 8.66. The predicted octanol–water partition coefficient (Wildman–Crippen LogP) is 6.24. The topological polar surface area (TPSA) is 80.3 Å². The fraction of sp³-hybridized carbons (Fsp3) is 0.192. The summed E-state index contributed by atoms with van der Waals surface area (Å²) < 4.78 is 5.33. The molecule has 0 fully saturated rings. The first-order valence-corrected chi connectivity index (χ1v) is 10.4. The molecule has 1 atom stereocenters. The van der Waals surface area contributed by atoms with Crippen LogP contribution in [0.4, 0.5) is 16.2 Å². The number of benzene rings is 3. The minimum atomic E-state index is -0.307. The van der Waals surface area contributed by atoms with Gasteiger partial charge in [0.05, 0.1) is 6.26 Å². The number of hydrogen-bond donors (Lipinski definition) is 3. The maximum atomic E-state index is 12.5. The van der Waals surface area contributed by atoms with Crippen LogP contribution in [0.2, 0.25) is 0 Å². The highest BCUT2D eigenvalue weighted by Crippen LogP contribution is 2.25. The van der Waals surface area contributed by atoms with Crippen molar-refractivity contribution in [1.82, 2.24) is 0 Å². The number of fused-ring (bicyclic) bond motifs is 1. The van der Waals surface area contributed by atoms with E-state index in [4.69, 9.17) is 10.2 Å². The number of nitrogens with two attached hydrogens (primary N) is 1. The maximum Gasteiger partial charge on any atom is 0.323 e. The molecule has 31 heavy (non-hydrogen) atoms. The summed E-state index contributed by atoms with van der Waals surface area (Å²) in [5.41, 5.74) is 14.8. The molecule has 0 radical (unpaired) electrons. The van der Waals surface area contributed by atoms with E-state index >= 15 is 0 Å². The van der Waals surface area contributed by atoms with Crippen molar-refractivity contribution in [3.8, 4) is 0 Å². The zero-order valence-corrected chi connectivity index (χ0v) is 18.0. The Morgan fingerprint density at radius 3 is 2.39 bits per heavy atom. The van der Waals surface area contributed by atoms with E-state index in [0.717, 1.165) is 23.0 Å². The largest absolute Gasteiger partial charge is 0.464 e. The fourth-order valence-electron chi connectivity index (χ4n) is 4.05. The van der Waals surface area contributed by atoms with Crippen LogP contribution in [0.1, 0.15) is 33.9 Å². The van der Waals surface area contributed by atoms with E-state index in [-0.39, 0.29) is 12.1 Å². The lowest BCUT2D eigenvalue weighted by Gasteiger charge is -2.18. The molecule has 0 aliphatic carbocycles. The molecule has 1 unspecified atom stereocenters. The molecule has 1 heterocycles. The number of hydrogen-bond acceptors (Lipinski definition) is 3. The molecule has 0 saturated carbocycles. The van der Waals surface area contributed by atoms with Gasteiger partial charge in [0.1, 0.15) is 5.58 Å². The van der Waals surface area contributed by atoms with Crippen LogP contribution in [-0.4, -0.2) is 6.03 Å². The van der Waals surface area contributed by atoms with Crippen LogP contribution >= 0.6 is 0 Å². The first kappa shape index (κ1) is 20.7. The molecule has 0 aliphatic rings. The van der Waals surface area contributed by atoms with Gasteiger partial charge in [0.25, 0.3) is 0 Å². The van der Waals surface area contributed by atoms with Crippen LogP contribution < -0.4 is 16.4 Å². The number of carbonyl (C=O) groups excluding carboxylic acids is 1. The molecule has 5 nitrogen and oxygen atoms in total. The van der Waals surface area contributed by atoms with E-state index in [2.05, 4.69) is 43.5 Å². The van der Waals surface area contributed by atoms with Crippen molar-refractivity contribution in [3.63, 3.8) is 0 Å². The van der Waals surface area contributed by atoms with Crippen LogP contribution in [0.15, 0.2) is 71.3 Å². The summed E-state index contributed by atoms with van der Waals surface area (Å²) in [4.78, 5) is 12.5. The molecule has 5 heteroatoms. The zero-order valence-electron chi connectivity index (χ0n) is 18.0. The Kier molecular flexibility index (Phi) is 5.78. The highest BCUT2D eigenvalue weighted by Gasteiger charge is 2.13. The molecule has 158 valence electrons. The Morgan fingerprint density at radius 1 is 0.935 bits per heavy atom. The van der Waals surface area contributed by atoms with Crippen molar-refractivity contribution < 1.29 is 9.21 Å². The highest BCUT2D eigenvalue weighted by atomic mass is 16.3. The van der Waals surface area contributed by atoms with Crippen LogP contribution in [0.25, 0.3) is 11.0 Å². The highest BCUT2D eigenvalue weighted by molar-refractivity contribution is 6.00. The minimum absolute atomic E-state index is 0.159. The number of carbonyl (C=O) groups is 1. The van der Waals surface area contributed by atoms with E-state index in [1.807, 2.05) is 48.5 Å². The van der Waals surface area contributed by atoms with E-state index in [1.165, 1.54) is 22.3 Å². The Balaban J connectivity index is 1.44. The average Bonchev–Trinajstić information content (AvgIpc) is 3.18. The molecular formula is C26H27N3O2. The second-order valence-corrected chi connectivity index (χ2v) is 8.07. The van der Waals surface area contributed by atoms with Crippen molar-refractivity contribution >= 4 is 28.4 Å². The molecule has 3 aromatic carbocycles. The summed E-state index contributed by atoms with van der Waals surface area (Å²) in [5.74, 6) is 0. The summed E-state index contributed by atoms with van der Waals surface area (Å²) in [6, 6.07) is 19.0. The molecule has 0 aliphatic heterocycles.